The first kappa shape index (κ1) is 17.0. The number of fused-ring (bicyclic) bond motifs is 1. The fourth-order valence-corrected chi connectivity index (χ4v) is 3.53. The minimum Gasteiger partial charge on any atom is -0.341 e. The van der Waals surface area contributed by atoms with Crippen LogP contribution in [-0.4, -0.2) is 37.2 Å². The number of anilines is 1. The summed E-state index contributed by atoms with van der Waals surface area (Å²) in [6.07, 6.45) is 11.8. The van der Waals surface area contributed by atoms with Crippen LogP contribution in [0.5, 0.6) is 0 Å². The van der Waals surface area contributed by atoms with E-state index in [1.165, 1.54) is 9.13 Å². The summed E-state index contributed by atoms with van der Waals surface area (Å²) < 4.78 is 2.84. The van der Waals surface area contributed by atoms with Gasteiger partial charge >= 0.3 is 11.1 Å². The highest BCUT2D eigenvalue weighted by Gasteiger charge is 2.26. The molecule has 0 amide bonds. The normalized spacial score (nSPS) is 15.0. The standard InChI is InChI=1S/C19H18N6O2/c1-3-13-11-15-16(22-12-13)25(18(27)17(26)23(15)2)14-5-9-24(10-6-14)19-20-7-4-8-21-19/h1,4,7-8,11-12,14H,5-6,9-10H2,2H3. The van der Waals surface area contributed by atoms with Gasteiger partial charge in [0.25, 0.3) is 0 Å². The van der Waals surface area contributed by atoms with Gasteiger partial charge in [-0.3, -0.25) is 14.2 Å². The van der Waals surface area contributed by atoms with E-state index in [-0.39, 0.29) is 6.04 Å². The van der Waals surface area contributed by atoms with Gasteiger partial charge < -0.3 is 9.47 Å². The Labute approximate surface area is 155 Å². The highest BCUT2D eigenvalue weighted by molar-refractivity contribution is 5.72. The first-order valence-electron chi connectivity index (χ1n) is 8.70. The van der Waals surface area contributed by atoms with Crippen LogP contribution in [0.25, 0.3) is 11.2 Å². The average molecular weight is 362 g/mol. The minimum atomic E-state index is -0.577. The Hall–Kier alpha value is -3.47. The summed E-state index contributed by atoms with van der Waals surface area (Å²) >= 11 is 0. The third-order valence-electron chi connectivity index (χ3n) is 4.97. The highest BCUT2D eigenvalue weighted by Crippen LogP contribution is 2.25. The van der Waals surface area contributed by atoms with E-state index in [2.05, 4.69) is 25.8 Å². The molecule has 1 aliphatic heterocycles. The monoisotopic (exact) mass is 362 g/mol. The van der Waals surface area contributed by atoms with Gasteiger partial charge in [-0.2, -0.15) is 0 Å². The van der Waals surface area contributed by atoms with E-state index in [1.807, 2.05) is 0 Å². The van der Waals surface area contributed by atoms with E-state index < -0.39 is 11.1 Å². The molecule has 4 heterocycles. The van der Waals surface area contributed by atoms with Crippen molar-refractivity contribution < 1.29 is 0 Å². The van der Waals surface area contributed by atoms with Crippen LogP contribution < -0.4 is 16.0 Å². The second-order valence-electron chi connectivity index (χ2n) is 6.52. The first-order valence-corrected chi connectivity index (χ1v) is 8.70. The van der Waals surface area contributed by atoms with Gasteiger partial charge in [0.2, 0.25) is 5.95 Å². The van der Waals surface area contributed by atoms with Gasteiger partial charge in [0.15, 0.2) is 5.65 Å². The maximum absolute atomic E-state index is 12.7. The average Bonchev–Trinajstić information content (AvgIpc) is 2.73. The Morgan fingerprint density at radius 1 is 1.11 bits per heavy atom. The number of rotatable bonds is 2. The molecule has 0 radical (unpaired) electrons. The molecule has 0 aliphatic carbocycles. The number of piperidine rings is 1. The van der Waals surface area contributed by atoms with Gasteiger partial charge in [0, 0.05) is 50.3 Å². The lowest BCUT2D eigenvalue weighted by molar-refractivity contribution is 0.389. The predicted octanol–water partition coefficient (Wildman–Crippen LogP) is 0.708. The molecule has 1 fully saturated rings. The molecule has 3 aromatic rings. The summed E-state index contributed by atoms with van der Waals surface area (Å²) in [7, 11) is 1.56. The lowest BCUT2D eigenvalue weighted by Crippen LogP contribution is -2.45. The topological polar surface area (TPSA) is 85.9 Å². The van der Waals surface area contributed by atoms with Crippen LogP contribution in [0.2, 0.25) is 0 Å². The zero-order valence-electron chi connectivity index (χ0n) is 14.9. The molecule has 0 saturated carbocycles. The first-order chi connectivity index (χ1) is 13.1. The fraction of sp³-hybridized carbons (Fsp3) is 0.316. The van der Waals surface area contributed by atoms with E-state index in [0.29, 0.717) is 48.6 Å². The summed E-state index contributed by atoms with van der Waals surface area (Å²) in [5.74, 6) is 3.19. The summed E-state index contributed by atoms with van der Waals surface area (Å²) in [5, 5.41) is 0. The van der Waals surface area contributed by atoms with Gasteiger partial charge in [0.05, 0.1) is 5.52 Å². The molecule has 3 aromatic heterocycles. The fourth-order valence-electron chi connectivity index (χ4n) is 3.53. The third kappa shape index (κ3) is 2.87. The number of aromatic nitrogens is 5. The van der Waals surface area contributed by atoms with Crippen molar-refractivity contribution in [2.45, 2.75) is 18.9 Å². The van der Waals surface area contributed by atoms with E-state index in [9.17, 15) is 9.59 Å². The molecule has 8 nitrogen and oxygen atoms in total. The quantitative estimate of drug-likeness (QED) is 0.493. The molecule has 0 atom stereocenters. The zero-order chi connectivity index (χ0) is 19.0. The van der Waals surface area contributed by atoms with Crippen LogP contribution in [0.4, 0.5) is 5.95 Å². The van der Waals surface area contributed by atoms with Crippen LogP contribution in [0, 0.1) is 12.3 Å². The van der Waals surface area contributed by atoms with Gasteiger partial charge in [-0.25, -0.2) is 15.0 Å². The van der Waals surface area contributed by atoms with E-state index in [0.717, 1.165) is 0 Å². The molecule has 0 spiro atoms. The van der Waals surface area contributed by atoms with E-state index in [4.69, 9.17) is 6.42 Å². The molecule has 0 unspecified atom stereocenters. The highest BCUT2D eigenvalue weighted by atomic mass is 16.2. The van der Waals surface area contributed by atoms with Crippen molar-refractivity contribution in [2.24, 2.45) is 7.05 Å². The van der Waals surface area contributed by atoms with Crippen molar-refractivity contribution >= 4 is 17.1 Å². The number of hydrogen-bond donors (Lipinski definition) is 0. The van der Waals surface area contributed by atoms with Crippen molar-refractivity contribution in [1.82, 2.24) is 24.1 Å². The van der Waals surface area contributed by atoms with Gasteiger partial charge in [-0.15, -0.1) is 6.42 Å². The number of nitrogens with zero attached hydrogens (tertiary/aromatic N) is 6. The molecular formula is C19H18N6O2. The van der Waals surface area contributed by atoms with Crippen LogP contribution in [-0.2, 0) is 7.05 Å². The van der Waals surface area contributed by atoms with Crippen LogP contribution >= 0.6 is 0 Å². The molecule has 4 rings (SSSR count). The maximum atomic E-state index is 12.7. The Kier molecular flexibility index (Phi) is 4.20. The van der Waals surface area contributed by atoms with Crippen LogP contribution in [0.1, 0.15) is 24.4 Å². The Balaban J connectivity index is 1.74. The van der Waals surface area contributed by atoms with Crippen molar-refractivity contribution in [3.63, 3.8) is 0 Å². The number of hydrogen-bond acceptors (Lipinski definition) is 6. The molecule has 0 aromatic carbocycles. The SMILES string of the molecule is C#Cc1cnc2c(c1)n(C)c(=O)c(=O)n2C1CCN(c2ncccn2)CC1. The van der Waals surface area contributed by atoms with Crippen LogP contribution in [0.3, 0.4) is 0 Å². The summed E-state index contributed by atoms with van der Waals surface area (Å²) in [5.41, 5.74) is 0.478. The number of terminal acetylenes is 1. The third-order valence-corrected chi connectivity index (χ3v) is 4.97. The van der Waals surface area contributed by atoms with Crippen LogP contribution in [0.15, 0.2) is 40.3 Å². The molecule has 8 heteroatoms. The predicted molar refractivity (Wildman–Crippen MR) is 102 cm³/mol. The van der Waals surface area contributed by atoms with Crippen molar-refractivity contribution in [3.8, 4) is 12.3 Å². The van der Waals surface area contributed by atoms with Gasteiger partial charge in [0.1, 0.15) is 0 Å². The summed E-state index contributed by atoms with van der Waals surface area (Å²) in [4.78, 5) is 40.2. The molecule has 1 saturated heterocycles. The zero-order valence-corrected chi connectivity index (χ0v) is 14.9. The summed E-state index contributed by atoms with van der Waals surface area (Å²) in [6.45, 7) is 1.39. The Morgan fingerprint density at radius 2 is 1.81 bits per heavy atom. The largest absolute Gasteiger partial charge is 0.341 e. The van der Waals surface area contributed by atoms with Crippen molar-refractivity contribution in [1.29, 1.82) is 0 Å². The van der Waals surface area contributed by atoms with Gasteiger partial charge in [-0.05, 0) is 25.0 Å². The smallest absolute Gasteiger partial charge is 0.318 e. The second kappa shape index (κ2) is 6.68. The lowest BCUT2D eigenvalue weighted by Gasteiger charge is -2.33. The molecule has 136 valence electrons. The van der Waals surface area contributed by atoms with E-state index >= 15 is 0 Å². The van der Waals surface area contributed by atoms with Crippen molar-refractivity contribution in [3.05, 3.63) is 57.0 Å². The van der Waals surface area contributed by atoms with Crippen molar-refractivity contribution in [2.75, 3.05) is 18.0 Å². The van der Waals surface area contributed by atoms with Gasteiger partial charge in [-0.1, -0.05) is 5.92 Å². The molecular weight excluding hydrogens is 344 g/mol. The second-order valence-corrected chi connectivity index (χ2v) is 6.52. The lowest BCUT2D eigenvalue weighted by atomic mass is 10.0. The molecule has 27 heavy (non-hydrogen) atoms. The molecule has 1 aliphatic rings. The Bertz CT molecular complexity index is 1150. The number of aryl methyl sites for hydroxylation is 1. The molecule has 0 bridgehead atoms. The minimum absolute atomic E-state index is 0.113. The summed E-state index contributed by atoms with van der Waals surface area (Å²) in [6, 6.07) is 3.38. The Morgan fingerprint density at radius 3 is 2.48 bits per heavy atom. The number of pyridine rings is 1. The van der Waals surface area contributed by atoms with E-state index in [1.54, 1.807) is 37.8 Å². The molecule has 0 N–H and O–H groups in total. The maximum Gasteiger partial charge on any atom is 0.318 e.